The first-order chi connectivity index (χ1) is 10.2. The average molecular weight is 285 g/mol. The van der Waals surface area contributed by atoms with Crippen LogP contribution in [0.2, 0.25) is 0 Å². The minimum atomic E-state index is -0.585. The Bertz CT molecular complexity index is 457. The maximum absolute atomic E-state index is 9.90. The van der Waals surface area contributed by atoms with Gasteiger partial charge in [0.15, 0.2) is 0 Å². The van der Waals surface area contributed by atoms with Gasteiger partial charge in [-0.25, -0.2) is 0 Å². The van der Waals surface area contributed by atoms with Crippen molar-refractivity contribution in [1.29, 1.82) is 5.26 Å². The molecule has 1 unspecified atom stereocenters. The molecule has 2 rings (SSSR count). The van der Waals surface area contributed by atoms with Crippen molar-refractivity contribution >= 4 is 0 Å². The van der Waals surface area contributed by atoms with Crippen LogP contribution >= 0.6 is 0 Å². The highest BCUT2D eigenvalue weighted by Crippen LogP contribution is 2.25. The molecule has 0 saturated carbocycles. The number of rotatable bonds is 6. The van der Waals surface area contributed by atoms with Gasteiger partial charge in [-0.15, -0.1) is 0 Å². The van der Waals surface area contributed by atoms with Crippen LogP contribution in [0.1, 0.15) is 38.7 Å². The normalized spacial score (nSPS) is 19.9. The number of hydrogen-bond acceptors (Lipinski definition) is 3. The lowest BCUT2D eigenvalue weighted by atomic mass is 9.89. The van der Waals surface area contributed by atoms with E-state index in [1.807, 2.05) is 18.2 Å². The van der Waals surface area contributed by atoms with Gasteiger partial charge in [-0.3, -0.25) is 5.32 Å². The van der Waals surface area contributed by atoms with E-state index in [0.717, 1.165) is 44.1 Å². The Morgan fingerprint density at radius 2 is 1.95 bits per heavy atom. The Balaban J connectivity index is 2.17. The molecule has 3 nitrogen and oxygen atoms in total. The SMILES string of the molecule is CCCNC(C#N)(CN1CCC(C)CC1)c1ccccc1. The second-order valence-electron chi connectivity index (χ2n) is 6.27. The molecule has 0 aromatic heterocycles. The van der Waals surface area contributed by atoms with Crippen LogP contribution in [0.3, 0.4) is 0 Å². The van der Waals surface area contributed by atoms with E-state index in [-0.39, 0.29) is 0 Å². The molecule has 0 radical (unpaired) electrons. The quantitative estimate of drug-likeness (QED) is 0.872. The highest BCUT2D eigenvalue weighted by Gasteiger charge is 2.34. The van der Waals surface area contributed by atoms with Crippen molar-refractivity contribution in [2.45, 2.75) is 38.6 Å². The van der Waals surface area contributed by atoms with Crippen molar-refractivity contribution in [2.24, 2.45) is 5.92 Å². The number of likely N-dealkylation sites (tertiary alicyclic amines) is 1. The van der Waals surface area contributed by atoms with Crippen molar-refractivity contribution in [3.05, 3.63) is 35.9 Å². The monoisotopic (exact) mass is 285 g/mol. The third-order valence-electron chi connectivity index (χ3n) is 4.47. The molecule has 1 aromatic rings. The van der Waals surface area contributed by atoms with Crippen molar-refractivity contribution in [3.63, 3.8) is 0 Å². The third kappa shape index (κ3) is 4.06. The number of hydrogen-bond donors (Lipinski definition) is 1. The molecular formula is C18H27N3. The van der Waals surface area contributed by atoms with Crippen LogP contribution in [0.15, 0.2) is 30.3 Å². The summed E-state index contributed by atoms with van der Waals surface area (Å²) in [5, 5.41) is 13.4. The van der Waals surface area contributed by atoms with Gasteiger partial charge in [-0.05, 0) is 50.4 Å². The van der Waals surface area contributed by atoms with Gasteiger partial charge in [0.1, 0.15) is 5.54 Å². The number of piperidine rings is 1. The lowest BCUT2D eigenvalue weighted by Crippen LogP contribution is -2.52. The molecule has 1 heterocycles. The van der Waals surface area contributed by atoms with Gasteiger partial charge < -0.3 is 4.90 Å². The summed E-state index contributed by atoms with van der Waals surface area (Å²) in [6.45, 7) is 8.31. The number of benzene rings is 1. The van der Waals surface area contributed by atoms with E-state index in [0.29, 0.717) is 0 Å². The molecule has 3 heteroatoms. The van der Waals surface area contributed by atoms with Crippen molar-refractivity contribution in [3.8, 4) is 6.07 Å². The summed E-state index contributed by atoms with van der Waals surface area (Å²) >= 11 is 0. The lowest BCUT2D eigenvalue weighted by molar-refractivity contribution is 0.156. The van der Waals surface area contributed by atoms with Crippen LogP contribution in [-0.2, 0) is 5.54 Å². The van der Waals surface area contributed by atoms with Crippen LogP contribution in [0.4, 0.5) is 0 Å². The molecule has 1 atom stereocenters. The zero-order valence-electron chi connectivity index (χ0n) is 13.3. The van der Waals surface area contributed by atoms with E-state index in [2.05, 4.69) is 42.3 Å². The molecular weight excluding hydrogens is 258 g/mol. The highest BCUT2D eigenvalue weighted by atomic mass is 15.2. The standard InChI is InChI=1S/C18H27N3/c1-3-11-20-18(14-19,17-7-5-4-6-8-17)15-21-12-9-16(2)10-13-21/h4-8,16,20H,3,9-13,15H2,1-2H3. The summed E-state index contributed by atoms with van der Waals surface area (Å²) in [6.07, 6.45) is 3.52. The first-order valence-corrected chi connectivity index (χ1v) is 8.14. The van der Waals surface area contributed by atoms with E-state index in [4.69, 9.17) is 0 Å². The van der Waals surface area contributed by atoms with Gasteiger partial charge in [-0.1, -0.05) is 44.2 Å². The fourth-order valence-electron chi connectivity index (χ4n) is 3.01. The van der Waals surface area contributed by atoms with Gasteiger partial charge in [-0.2, -0.15) is 5.26 Å². The van der Waals surface area contributed by atoms with E-state index in [1.165, 1.54) is 12.8 Å². The fourth-order valence-corrected chi connectivity index (χ4v) is 3.01. The molecule has 0 bridgehead atoms. The summed E-state index contributed by atoms with van der Waals surface area (Å²) < 4.78 is 0. The van der Waals surface area contributed by atoms with Gasteiger partial charge in [0, 0.05) is 6.54 Å². The topological polar surface area (TPSA) is 39.1 Å². The predicted molar refractivity (Wildman–Crippen MR) is 86.9 cm³/mol. The van der Waals surface area contributed by atoms with Gasteiger partial charge >= 0.3 is 0 Å². The molecule has 0 amide bonds. The molecule has 1 aliphatic rings. The molecule has 1 aliphatic heterocycles. The Hall–Kier alpha value is -1.37. The number of nitrogens with zero attached hydrogens (tertiary/aromatic N) is 2. The van der Waals surface area contributed by atoms with Crippen LogP contribution in [0, 0.1) is 17.2 Å². The van der Waals surface area contributed by atoms with E-state index < -0.39 is 5.54 Å². The molecule has 1 N–H and O–H groups in total. The molecule has 21 heavy (non-hydrogen) atoms. The predicted octanol–water partition coefficient (Wildman–Crippen LogP) is 3.14. The smallest absolute Gasteiger partial charge is 0.145 e. The van der Waals surface area contributed by atoms with E-state index in [1.54, 1.807) is 0 Å². The Morgan fingerprint density at radius 3 is 2.52 bits per heavy atom. The summed E-state index contributed by atoms with van der Waals surface area (Å²) in [7, 11) is 0. The van der Waals surface area contributed by atoms with Crippen LogP contribution in [0.25, 0.3) is 0 Å². The first kappa shape index (κ1) is 16.0. The summed E-state index contributed by atoms with van der Waals surface area (Å²) in [5.41, 5.74) is 0.497. The number of nitrogens with one attached hydrogen (secondary N) is 1. The molecule has 0 aliphatic carbocycles. The van der Waals surface area contributed by atoms with Crippen molar-refractivity contribution in [2.75, 3.05) is 26.2 Å². The summed E-state index contributed by atoms with van der Waals surface area (Å²) in [6, 6.07) is 12.8. The van der Waals surface area contributed by atoms with Crippen LogP contribution in [-0.4, -0.2) is 31.1 Å². The third-order valence-corrected chi connectivity index (χ3v) is 4.47. The minimum absolute atomic E-state index is 0.585. The lowest BCUT2D eigenvalue weighted by Gasteiger charge is -2.37. The maximum Gasteiger partial charge on any atom is 0.145 e. The largest absolute Gasteiger partial charge is 0.300 e. The molecule has 114 valence electrons. The van der Waals surface area contributed by atoms with Gasteiger partial charge in [0.2, 0.25) is 0 Å². The number of nitriles is 1. The van der Waals surface area contributed by atoms with Crippen LogP contribution in [0.5, 0.6) is 0 Å². The van der Waals surface area contributed by atoms with Crippen molar-refractivity contribution < 1.29 is 0 Å². The summed E-state index contributed by atoms with van der Waals surface area (Å²) in [5.74, 6) is 0.818. The van der Waals surface area contributed by atoms with Gasteiger partial charge in [0.25, 0.3) is 0 Å². The second-order valence-corrected chi connectivity index (χ2v) is 6.27. The van der Waals surface area contributed by atoms with Gasteiger partial charge in [0.05, 0.1) is 6.07 Å². The van der Waals surface area contributed by atoms with E-state index in [9.17, 15) is 5.26 Å². The first-order valence-electron chi connectivity index (χ1n) is 8.14. The Morgan fingerprint density at radius 1 is 1.29 bits per heavy atom. The maximum atomic E-state index is 9.90. The van der Waals surface area contributed by atoms with Crippen molar-refractivity contribution in [1.82, 2.24) is 10.2 Å². The fraction of sp³-hybridized carbons (Fsp3) is 0.611. The zero-order chi connectivity index (χ0) is 15.1. The molecule has 1 fully saturated rings. The minimum Gasteiger partial charge on any atom is -0.300 e. The Labute approximate surface area is 129 Å². The molecule has 1 saturated heterocycles. The molecule has 0 spiro atoms. The van der Waals surface area contributed by atoms with Crippen LogP contribution < -0.4 is 5.32 Å². The average Bonchev–Trinajstić information content (AvgIpc) is 2.54. The summed E-state index contributed by atoms with van der Waals surface area (Å²) in [4.78, 5) is 2.44. The molecule has 1 aromatic carbocycles. The van der Waals surface area contributed by atoms with E-state index >= 15 is 0 Å². The Kier molecular flexibility index (Phi) is 5.78. The zero-order valence-corrected chi connectivity index (χ0v) is 13.3. The highest BCUT2D eigenvalue weighted by molar-refractivity contribution is 5.32. The second kappa shape index (κ2) is 7.59.